The molecule has 0 spiro atoms. The van der Waals surface area contributed by atoms with Crippen LogP contribution in [0.5, 0.6) is 0 Å². The van der Waals surface area contributed by atoms with Gasteiger partial charge < -0.3 is 11.1 Å². The summed E-state index contributed by atoms with van der Waals surface area (Å²) in [6.07, 6.45) is 2.48. The molecule has 1 fully saturated rings. The van der Waals surface area contributed by atoms with Gasteiger partial charge in [-0.2, -0.15) is 0 Å². The number of carbonyl (C=O) groups excluding carboxylic acids is 2. The molecule has 1 atom stereocenters. The maximum Gasteiger partial charge on any atom is 0.234 e. The molecular formula is C24H25FN4O2S. The minimum absolute atomic E-state index is 0.149. The third-order valence-electron chi connectivity index (χ3n) is 5.57. The van der Waals surface area contributed by atoms with Crippen LogP contribution in [-0.2, 0) is 29.0 Å². The molecule has 1 unspecified atom stereocenters. The fourth-order valence-electron chi connectivity index (χ4n) is 3.98. The van der Waals surface area contributed by atoms with Gasteiger partial charge in [0, 0.05) is 24.0 Å². The summed E-state index contributed by atoms with van der Waals surface area (Å²) in [6.45, 7) is 1.37. The van der Waals surface area contributed by atoms with Crippen LogP contribution in [0.2, 0.25) is 0 Å². The molecule has 2 heterocycles. The maximum absolute atomic E-state index is 13.1. The number of nitrogens with one attached hydrogen (secondary N) is 1. The van der Waals surface area contributed by atoms with Crippen molar-refractivity contribution in [1.29, 1.82) is 0 Å². The third kappa shape index (κ3) is 5.57. The first-order chi connectivity index (χ1) is 15.5. The smallest absolute Gasteiger partial charge is 0.234 e. The molecule has 2 aromatic carbocycles. The molecule has 1 aromatic heterocycles. The number of anilines is 1. The fraction of sp³-hybridized carbons (Fsp3) is 0.292. The number of nitrogens with two attached hydrogens (primary N) is 1. The Bertz CT molecular complexity index is 1100. The van der Waals surface area contributed by atoms with E-state index in [9.17, 15) is 14.0 Å². The van der Waals surface area contributed by atoms with E-state index in [0.717, 1.165) is 41.2 Å². The van der Waals surface area contributed by atoms with Gasteiger partial charge in [0.05, 0.1) is 23.2 Å². The molecule has 0 bridgehead atoms. The van der Waals surface area contributed by atoms with Crippen molar-refractivity contribution in [3.8, 4) is 0 Å². The highest BCUT2D eigenvalue weighted by Crippen LogP contribution is 2.24. The van der Waals surface area contributed by atoms with E-state index in [1.54, 1.807) is 12.1 Å². The summed E-state index contributed by atoms with van der Waals surface area (Å²) in [7, 11) is 0. The normalized spacial score (nSPS) is 16.2. The summed E-state index contributed by atoms with van der Waals surface area (Å²) < 4.78 is 13.1. The Morgan fingerprint density at radius 2 is 1.97 bits per heavy atom. The number of carbonyl (C=O) groups is 2. The lowest BCUT2D eigenvalue weighted by atomic mass is 10.1. The number of para-hydroxylation sites is 1. The van der Waals surface area contributed by atoms with Crippen molar-refractivity contribution >= 4 is 28.8 Å². The number of halogens is 1. The van der Waals surface area contributed by atoms with E-state index in [0.29, 0.717) is 18.7 Å². The first kappa shape index (κ1) is 22.1. The van der Waals surface area contributed by atoms with E-state index in [-0.39, 0.29) is 30.1 Å². The zero-order valence-electron chi connectivity index (χ0n) is 17.6. The van der Waals surface area contributed by atoms with Crippen molar-refractivity contribution in [2.75, 3.05) is 11.9 Å². The highest BCUT2D eigenvalue weighted by atomic mass is 32.1. The number of amides is 2. The van der Waals surface area contributed by atoms with Crippen molar-refractivity contribution in [2.45, 2.75) is 38.3 Å². The van der Waals surface area contributed by atoms with Crippen molar-refractivity contribution < 1.29 is 14.0 Å². The van der Waals surface area contributed by atoms with Gasteiger partial charge in [-0.15, -0.1) is 11.3 Å². The van der Waals surface area contributed by atoms with Crippen LogP contribution in [0.25, 0.3) is 0 Å². The van der Waals surface area contributed by atoms with Crippen molar-refractivity contribution in [3.05, 3.63) is 81.6 Å². The van der Waals surface area contributed by atoms with E-state index < -0.39 is 0 Å². The van der Waals surface area contributed by atoms with Gasteiger partial charge in [0.1, 0.15) is 5.82 Å². The molecule has 1 aliphatic heterocycles. The van der Waals surface area contributed by atoms with Crippen LogP contribution in [0.3, 0.4) is 0 Å². The lowest BCUT2D eigenvalue weighted by Crippen LogP contribution is -2.39. The standard InChI is InChI=1S/C24H25FN4O2S/c25-18-9-7-16(8-10-18)12-23-27-19(15-32-23)13-22(30)28-20-5-2-1-4-17(20)14-29-11-3-6-21(29)24(26)31/h1-2,4-5,7-10,15,21H,3,6,11-14H2,(H2,26,31)(H,28,30). The fourth-order valence-corrected chi connectivity index (χ4v) is 4.81. The molecule has 2 amide bonds. The molecule has 3 aromatic rings. The summed E-state index contributed by atoms with van der Waals surface area (Å²) in [4.78, 5) is 31.0. The van der Waals surface area contributed by atoms with Gasteiger partial charge in [0.25, 0.3) is 0 Å². The Balaban J connectivity index is 1.37. The summed E-state index contributed by atoms with van der Waals surface area (Å²) in [5, 5.41) is 5.75. The first-order valence-electron chi connectivity index (χ1n) is 10.6. The SMILES string of the molecule is NC(=O)C1CCCN1Cc1ccccc1NC(=O)Cc1csc(Cc2ccc(F)cc2)n1. The summed E-state index contributed by atoms with van der Waals surface area (Å²) >= 11 is 1.49. The lowest BCUT2D eigenvalue weighted by molar-refractivity contribution is -0.122. The van der Waals surface area contributed by atoms with Crippen molar-refractivity contribution in [3.63, 3.8) is 0 Å². The second-order valence-corrected chi connectivity index (χ2v) is 8.89. The molecule has 1 aliphatic rings. The van der Waals surface area contributed by atoms with E-state index in [1.165, 1.54) is 23.5 Å². The minimum Gasteiger partial charge on any atom is -0.368 e. The average molecular weight is 453 g/mol. The van der Waals surface area contributed by atoms with Crippen LogP contribution >= 0.6 is 11.3 Å². The molecule has 166 valence electrons. The van der Waals surface area contributed by atoms with E-state index in [1.807, 2.05) is 29.6 Å². The number of likely N-dealkylation sites (tertiary alicyclic amines) is 1. The van der Waals surface area contributed by atoms with Gasteiger partial charge in [0.2, 0.25) is 11.8 Å². The number of rotatable bonds is 8. The maximum atomic E-state index is 13.1. The van der Waals surface area contributed by atoms with Crippen molar-refractivity contribution in [1.82, 2.24) is 9.88 Å². The van der Waals surface area contributed by atoms with Gasteiger partial charge in [-0.25, -0.2) is 9.37 Å². The number of hydrogen-bond donors (Lipinski definition) is 2. The van der Waals surface area contributed by atoms with Gasteiger partial charge >= 0.3 is 0 Å². The van der Waals surface area contributed by atoms with Gasteiger partial charge in [0.15, 0.2) is 0 Å². The molecule has 8 heteroatoms. The van der Waals surface area contributed by atoms with Gasteiger partial charge in [-0.3, -0.25) is 14.5 Å². The highest BCUT2D eigenvalue weighted by Gasteiger charge is 2.29. The third-order valence-corrected chi connectivity index (χ3v) is 6.46. The number of nitrogens with zero attached hydrogens (tertiary/aromatic N) is 2. The molecule has 3 N–H and O–H groups in total. The molecular weight excluding hydrogens is 427 g/mol. The zero-order chi connectivity index (χ0) is 22.5. The predicted molar refractivity (Wildman–Crippen MR) is 123 cm³/mol. The van der Waals surface area contributed by atoms with Crippen LogP contribution in [0, 0.1) is 5.82 Å². The van der Waals surface area contributed by atoms with E-state index >= 15 is 0 Å². The minimum atomic E-state index is -0.302. The van der Waals surface area contributed by atoms with Crippen LogP contribution < -0.4 is 11.1 Å². The van der Waals surface area contributed by atoms with Crippen LogP contribution in [0.1, 0.15) is 34.7 Å². The van der Waals surface area contributed by atoms with Crippen LogP contribution in [0.15, 0.2) is 53.9 Å². The second kappa shape index (κ2) is 10.0. The Hall–Kier alpha value is -3.10. The molecule has 6 nitrogen and oxygen atoms in total. The van der Waals surface area contributed by atoms with Crippen LogP contribution in [-0.4, -0.2) is 34.3 Å². The van der Waals surface area contributed by atoms with E-state index in [2.05, 4.69) is 15.2 Å². The number of thiazole rings is 1. The Kier molecular flexibility index (Phi) is 6.92. The number of hydrogen-bond acceptors (Lipinski definition) is 5. The van der Waals surface area contributed by atoms with Gasteiger partial charge in [-0.05, 0) is 48.7 Å². The number of aromatic nitrogens is 1. The summed E-state index contributed by atoms with van der Waals surface area (Å²) in [5.41, 5.74) is 8.89. The molecule has 0 saturated carbocycles. The second-order valence-electron chi connectivity index (χ2n) is 7.95. The summed E-state index contributed by atoms with van der Waals surface area (Å²) in [5.74, 6) is -0.714. The number of primary amides is 1. The Labute approximate surface area is 190 Å². The molecule has 0 aliphatic carbocycles. The molecule has 1 saturated heterocycles. The van der Waals surface area contributed by atoms with Gasteiger partial charge in [-0.1, -0.05) is 30.3 Å². The average Bonchev–Trinajstić information content (AvgIpc) is 3.40. The van der Waals surface area contributed by atoms with Crippen molar-refractivity contribution in [2.24, 2.45) is 5.73 Å². The quantitative estimate of drug-likeness (QED) is 0.548. The molecule has 4 rings (SSSR count). The van der Waals surface area contributed by atoms with Crippen LogP contribution in [0.4, 0.5) is 10.1 Å². The lowest BCUT2D eigenvalue weighted by Gasteiger charge is -2.23. The predicted octanol–water partition coefficient (Wildman–Crippen LogP) is 3.50. The number of benzene rings is 2. The topological polar surface area (TPSA) is 88.3 Å². The highest BCUT2D eigenvalue weighted by molar-refractivity contribution is 7.09. The molecule has 0 radical (unpaired) electrons. The molecule has 32 heavy (non-hydrogen) atoms. The monoisotopic (exact) mass is 452 g/mol. The van der Waals surface area contributed by atoms with E-state index in [4.69, 9.17) is 5.73 Å². The largest absolute Gasteiger partial charge is 0.368 e. The Morgan fingerprint density at radius 1 is 1.19 bits per heavy atom. The summed E-state index contributed by atoms with van der Waals surface area (Å²) in [6, 6.07) is 13.7. The Morgan fingerprint density at radius 3 is 2.75 bits per heavy atom. The zero-order valence-corrected chi connectivity index (χ0v) is 18.4. The first-order valence-corrected chi connectivity index (χ1v) is 11.4.